The second-order valence-corrected chi connectivity index (χ2v) is 5.29. The van der Waals surface area contributed by atoms with Crippen LogP contribution in [0.5, 0.6) is 5.88 Å². The Morgan fingerprint density at radius 2 is 2.00 bits per heavy atom. The van der Waals surface area contributed by atoms with Gasteiger partial charge in [-0.2, -0.15) is 0 Å². The minimum absolute atomic E-state index is 0.0539. The van der Waals surface area contributed by atoms with Crippen LogP contribution in [-0.4, -0.2) is 27.9 Å². The summed E-state index contributed by atoms with van der Waals surface area (Å²) in [5.41, 5.74) is -0.718. The maximum atomic E-state index is 12.0. The lowest BCUT2D eigenvalue weighted by atomic mass is 10.1. The summed E-state index contributed by atoms with van der Waals surface area (Å²) in [5.74, 6) is -0.346. The number of nitrogens with one attached hydrogen (secondary N) is 1. The Balaban J connectivity index is 2.21. The van der Waals surface area contributed by atoms with E-state index in [0.29, 0.717) is 30.2 Å². The zero-order chi connectivity index (χ0) is 15.0. The van der Waals surface area contributed by atoms with Gasteiger partial charge in [0, 0.05) is 11.6 Å². The average Bonchev–Trinajstić information content (AvgIpc) is 2.94. The molecule has 0 bridgehead atoms. The second kappa shape index (κ2) is 5.38. The lowest BCUT2D eigenvalue weighted by Gasteiger charge is -2.15. The van der Waals surface area contributed by atoms with Gasteiger partial charge in [-0.25, -0.2) is 4.79 Å². The number of nitrogens with zero attached hydrogens (tertiary/aromatic N) is 1. The quantitative estimate of drug-likeness (QED) is 0.881. The molecular formula is C14H13ClN2O4. The van der Waals surface area contributed by atoms with Gasteiger partial charge < -0.3 is 9.84 Å². The molecule has 1 aromatic heterocycles. The van der Waals surface area contributed by atoms with E-state index in [1.165, 1.54) is 4.57 Å². The van der Waals surface area contributed by atoms with Crippen LogP contribution >= 0.6 is 11.6 Å². The third-order valence-corrected chi connectivity index (χ3v) is 3.77. The Kier molecular flexibility index (Phi) is 3.57. The van der Waals surface area contributed by atoms with E-state index >= 15 is 0 Å². The van der Waals surface area contributed by atoms with Crippen molar-refractivity contribution in [2.45, 2.75) is 12.5 Å². The molecule has 3 rings (SSSR count). The average molecular weight is 309 g/mol. The van der Waals surface area contributed by atoms with E-state index in [1.54, 1.807) is 24.3 Å². The normalized spacial score (nSPS) is 18.0. The van der Waals surface area contributed by atoms with Gasteiger partial charge in [0.15, 0.2) is 0 Å². The Morgan fingerprint density at radius 1 is 1.29 bits per heavy atom. The summed E-state index contributed by atoms with van der Waals surface area (Å²) in [6.07, 6.45) is 0.611. The van der Waals surface area contributed by atoms with Crippen molar-refractivity contribution in [1.82, 2.24) is 9.55 Å². The number of hydrogen-bond donors (Lipinski definition) is 2. The summed E-state index contributed by atoms with van der Waals surface area (Å²) in [7, 11) is 0. The van der Waals surface area contributed by atoms with Crippen LogP contribution in [-0.2, 0) is 4.74 Å². The molecule has 1 saturated heterocycles. The first-order valence-electron chi connectivity index (χ1n) is 6.49. The van der Waals surface area contributed by atoms with Gasteiger partial charge in [-0.1, -0.05) is 23.7 Å². The zero-order valence-corrected chi connectivity index (χ0v) is 11.8. The van der Waals surface area contributed by atoms with E-state index < -0.39 is 11.2 Å². The van der Waals surface area contributed by atoms with Gasteiger partial charge >= 0.3 is 5.69 Å². The number of hydrogen-bond acceptors (Lipinski definition) is 4. The summed E-state index contributed by atoms with van der Waals surface area (Å²) in [6, 6.07) is 6.19. The van der Waals surface area contributed by atoms with E-state index in [-0.39, 0.29) is 17.5 Å². The summed E-state index contributed by atoms with van der Waals surface area (Å²) in [4.78, 5) is 26.2. The molecule has 2 N–H and O–H groups in total. The minimum Gasteiger partial charge on any atom is -0.494 e. The number of aromatic amines is 1. The van der Waals surface area contributed by atoms with Crippen molar-refractivity contribution in [2.24, 2.45) is 0 Å². The maximum Gasteiger partial charge on any atom is 0.331 e. The van der Waals surface area contributed by atoms with Crippen molar-refractivity contribution in [2.75, 3.05) is 13.2 Å². The number of aromatic nitrogens is 2. The maximum absolute atomic E-state index is 12.0. The standard InChI is InChI=1S/C14H13ClN2O4/c15-9-3-1-8(2-4-9)11-12(18)16-14(20)17(13(11)19)10-5-6-21-7-10/h1-4,10,19H,5-7H2,(H,16,18,20). The first-order chi connectivity index (χ1) is 10.1. The lowest BCUT2D eigenvalue weighted by Crippen LogP contribution is -2.33. The highest BCUT2D eigenvalue weighted by Crippen LogP contribution is 2.29. The number of aromatic hydroxyl groups is 1. The molecule has 1 aliphatic heterocycles. The molecule has 0 amide bonds. The van der Waals surface area contributed by atoms with Gasteiger partial charge in [0.1, 0.15) is 5.56 Å². The minimum atomic E-state index is -0.634. The van der Waals surface area contributed by atoms with Crippen molar-refractivity contribution < 1.29 is 9.84 Å². The molecule has 21 heavy (non-hydrogen) atoms. The molecule has 2 heterocycles. The molecule has 0 radical (unpaired) electrons. The van der Waals surface area contributed by atoms with Crippen LogP contribution in [0.1, 0.15) is 12.5 Å². The number of benzene rings is 1. The fourth-order valence-electron chi connectivity index (χ4n) is 2.48. The zero-order valence-electron chi connectivity index (χ0n) is 11.0. The first kappa shape index (κ1) is 13.9. The second-order valence-electron chi connectivity index (χ2n) is 4.85. The molecule has 1 unspecified atom stereocenters. The third-order valence-electron chi connectivity index (χ3n) is 3.52. The van der Waals surface area contributed by atoms with Crippen LogP contribution in [0.15, 0.2) is 33.9 Å². The first-order valence-corrected chi connectivity index (χ1v) is 6.87. The summed E-state index contributed by atoms with van der Waals surface area (Å²) in [6.45, 7) is 0.853. The fraction of sp³-hybridized carbons (Fsp3) is 0.286. The van der Waals surface area contributed by atoms with Crippen LogP contribution < -0.4 is 11.2 Å². The predicted octanol–water partition coefficient (Wildman–Crippen LogP) is 1.52. The predicted molar refractivity (Wildman–Crippen MR) is 77.9 cm³/mol. The highest BCUT2D eigenvalue weighted by atomic mass is 35.5. The van der Waals surface area contributed by atoms with Crippen molar-refractivity contribution in [3.05, 3.63) is 50.1 Å². The largest absolute Gasteiger partial charge is 0.494 e. The summed E-state index contributed by atoms with van der Waals surface area (Å²) in [5, 5.41) is 10.9. The fourth-order valence-corrected chi connectivity index (χ4v) is 2.61. The molecule has 110 valence electrons. The molecule has 0 aliphatic carbocycles. The van der Waals surface area contributed by atoms with E-state index in [2.05, 4.69) is 4.98 Å². The van der Waals surface area contributed by atoms with Crippen LogP contribution in [0.25, 0.3) is 11.1 Å². The van der Waals surface area contributed by atoms with Gasteiger partial charge in [0.2, 0.25) is 5.88 Å². The third kappa shape index (κ3) is 2.48. The van der Waals surface area contributed by atoms with Gasteiger partial charge in [0.05, 0.1) is 12.6 Å². The topological polar surface area (TPSA) is 84.3 Å². The lowest BCUT2D eigenvalue weighted by molar-refractivity contribution is 0.183. The number of ether oxygens (including phenoxy) is 1. The molecular weight excluding hydrogens is 296 g/mol. The van der Waals surface area contributed by atoms with Gasteiger partial charge in [0.25, 0.3) is 5.56 Å². The van der Waals surface area contributed by atoms with Crippen molar-refractivity contribution in [1.29, 1.82) is 0 Å². The molecule has 2 aromatic rings. The van der Waals surface area contributed by atoms with Crippen molar-refractivity contribution >= 4 is 11.6 Å². The molecule has 1 atom stereocenters. The summed E-state index contributed by atoms with van der Waals surface area (Å²) < 4.78 is 6.41. The Labute approximate surface area is 124 Å². The number of rotatable bonds is 2. The highest BCUT2D eigenvalue weighted by Gasteiger charge is 2.25. The molecule has 0 spiro atoms. The van der Waals surface area contributed by atoms with Crippen molar-refractivity contribution in [3.8, 4) is 17.0 Å². The van der Waals surface area contributed by atoms with Gasteiger partial charge in [-0.05, 0) is 24.1 Å². The van der Waals surface area contributed by atoms with Crippen LogP contribution in [0.4, 0.5) is 0 Å². The molecule has 1 fully saturated rings. The molecule has 7 heteroatoms. The SMILES string of the molecule is O=c1[nH]c(=O)n(C2CCOC2)c(O)c1-c1ccc(Cl)cc1. The molecule has 0 saturated carbocycles. The smallest absolute Gasteiger partial charge is 0.331 e. The highest BCUT2D eigenvalue weighted by molar-refractivity contribution is 6.30. The molecule has 6 nitrogen and oxygen atoms in total. The van der Waals surface area contributed by atoms with E-state index in [0.717, 1.165) is 0 Å². The monoisotopic (exact) mass is 308 g/mol. The van der Waals surface area contributed by atoms with Crippen LogP contribution in [0, 0.1) is 0 Å². The van der Waals surface area contributed by atoms with E-state index in [9.17, 15) is 14.7 Å². The van der Waals surface area contributed by atoms with Crippen molar-refractivity contribution in [3.63, 3.8) is 0 Å². The summed E-state index contributed by atoms with van der Waals surface area (Å²) >= 11 is 5.82. The van der Waals surface area contributed by atoms with Crippen LogP contribution in [0.2, 0.25) is 5.02 Å². The van der Waals surface area contributed by atoms with Gasteiger partial charge in [-0.3, -0.25) is 14.3 Å². The van der Waals surface area contributed by atoms with Crippen LogP contribution in [0.3, 0.4) is 0 Å². The Hall–Kier alpha value is -2.05. The Bertz CT molecular complexity index is 773. The number of H-pyrrole nitrogens is 1. The van der Waals surface area contributed by atoms with E-state index in [4.69, 9.17) is 16.3 Å². The molecule has 1 aromatic carbocycles. The van der Waals surface area contributed by atoms with Gasteiger partial charge in [-0.15, -0.1) is 0 Å². The number of halogens is 1. The Morgan fingerprint density at radius 3 is 2.62 bits per heavy atom. The molecule has 1 aliphatic rings. The van der Waals surface area contributed by atoms with E-state index in [1.807, 2.05) is 0 Å².